The molecule has 0 radical (unpaired) electrons. The highest BCUT2D eigenvalue weighted by atomic mass is 127. The minimum atomic E-state index is -0.400. The number of benzene rings is 7. The zero-order valence-electron chi connectivity index (χ0n) is 67.8. The summed E-state index contributed by atoms with van der Waals surface area (Å²) in [5.41, 5.74) is 8.50. The van der Waals surface area contributed by atoms with Crippen molar-refractivity contribution in [3.63, 3.8) is 0 Å². The standard InChI is InChI=1S/C21H22FNO3.C21H22N2O4.C17H22INO2.C17H22N2O4.C16H20INO2.CH4/c22-14-3-1-13(2-4-14)17-9-15-5-7-19(23-15)18(17)11-24-16-6-8-20-21(10-16)26-12-25-20;1-22-16-11-12-19(22)20(21(24)27-17-5-3-2-4-6-17)18(13-16)14-7-9-15(10-8-14)23(25)26;1-10-4-5-11(8-14(10)18)13-9-12-6-7-15(19(12)2)16(13)17(20)21-3;1-3-23-17(20)16-14(10-13-8-9-15(16)18(13)2)11-4-6-12(7-5-11)19(21)22;1-9-3-4-10(7-13(9)17)12-8-11-5-6-14(18-11)15(12)16(19)20-2;/h1-4,6,8,10,15,17-19,23H,5,7,9,11-12H2;2-10,16,18-20H,11-13H2,1H3;4-5,8,12-13,15-16H,6-7,9H2,1-3H3;4-7,13-16H,3,8-10H2,1-2H3;3-4,7,11-12,14-15,18H,5-6,8H2,1-2H3;1H4. The Morgan fingerprint density at radius 2 is 0.915 bits per heavy atom. The average Bonchev–Trinajstić information content (AvgIpc) is 1.61. The molecule has 10 saturated heterocycles. The van der Waals surface area contributed by atoms with Gasteiger partial charge in [0.2, 0.25) is 6.79 Å². The highest BCUT2D eigenvalue weighted by molar-refractivity contribution is 14.1. The lowest BCUT2D eigenvalue weighted by atomic mass is 9.76. The van der Waals surface area contributed by atoms with Crippen LogP contribution in [0.1, 0.15) is 179 Å². The van der Waals surface area contributed by atoms with Crippen molar-refractivity contribution < 1.29 is 66.6 Å². The van der Waals surface area contributed by atoms with Gasteiger partial charge in [-0.1, -0.05) is 86.3 Å². The second kappa shape index (κ2) is 39.1. The summed E-state index contributed by atoms with van der Waals surface area (Å²) in [5, 5.41) is 29.1. The number of rotatable bonds is 16. The van der Waals surface area contributed by atoms with E-state index in [9.17, 15) is 43.8 Å². The number of methoxy groups -OCH3 is 2. The number of carbonyl (C=O) groups excluding carboxylic acids is 4. The maximum absolute atomic E-state index is 13.3. The fourth-order valence-electron chi connectivity index (χ4n) is 21.3. The number of fused-ring (bicyclic) bond motifs is 11. The summed E-state index contributed by atoms with van der Waals surface area (Å²) in [6.07, 6.45) is 16.1. The van der Waals surface area contributed by atoms with Crippen LogP contribution in [0.5, 0.6) is 23.0 Å². The normalized spacial score (nSPS) is 29.7. The van der Waals surface area contributed by atoms with Crippen LogP contribution in [0.4, 0.5) is 15.8 Å². The molecule has 0 aromatic heterocycles. The number of nitro groups is 2. The Labute approximate surface area is 719 Å². The zero-order valence-corrected chi connectivity index (χ0v) is 72.1. The number of aryl methyl sites for hydroxylation is 2. The van der Waals surface area contributed by atoms with E-state index in [1.54, 1.807) is 48.5 Å². The number of piperidine rings is 5. The number of para-hydroxylation sites is 1. The highest BCUT2D eigenvalue weighted by Gasteiger charge is 2.54. The van der Waals surface area contributed by atoms with E-state index in [1.807, 2.05) is 55.5 Å². The van der Waals surface area contributed by atoms with Gasteiger partial charge in [-0.15, -0.1) is 0 Å². The predicted octanol–water partition coefficient (Wildman–Crippen LogP) is 17.3. The van der Waals surface area contributed by atoms with Crippen LogP contribution in [-0.4, -0.2) is 164 Å². The van der Waals surface area contributed by atoms with E-state index in [4.69, 9.17) is 33.2 Å². The lowest BCUT2D eigenvalue weighted by Crippen LogP contribution is -2.49. The van der Waals surface area contributed by atoms with Crippen LogP contribution in [0.15, 0.2) is 158 Å². The maximum atomic E-state index is 13.3. The smallest absolute Gasteiger partial charge is 0.316 e. The molecule has 7 aromatic rings. The molecule has 7 aromatic carbocycles. The van der Waals surface area contributed by atoms with Crippen molar-refractivity contribution in [2.24, 2.45) is 29.6 Å². The van der Waals surface area contributed by atoms with Gasteiger partial charge in [0.1, 0.15) is 17.3 Å². The van der Waals surface area contributed by atoms with E-state index in [2.05, 4.69) is 142 Å². The van der Waals surface area contributed by atoms with Crippen molar-refractivity contribution in [3.05, 3.63) is 230 Å². The molecule has 0 amide bonds. The Morgan fingerprint density at radius 3 is 1.42 bits per heavy atom. The van der Waals surface area contributed by atoms with Crippen LogP contribution in [0.25, 0.3) is 0 Å². The second-order valence-electron chi connectivity index (χ2n) is 33.6. The number of nitrogens with one attached hydrogen (secondary N) is 2. The molecule has 2 N–H and O–H groups in total. The van der Waals surface area contributed by atoms with Gasteiger partial charge in [-0.2, -0.15) is 0 Å². The Hall–Kier alpha value is -8.19. The minimum absolute atomic E-state index is 0. The molecule has 118 heavy (non-hydrogen) atoms. The summed E-state index contributed by atoms with van der Waals surface area (Å²) in [6, 6.07) is 52.3. The summed E-state index contributed by atoms with van der Waals surface area (Å²) < 4.78 is 54.0. The van der Waals surface area contributed by atoms with Gasteiger partial charge in [0, 0.05) is 127 Å². The Kier molecular flexibility index (Phi) is 29.0. The highest BCUT2D eigenvalue weighted by Crippen LogP contribution is 2.52. The van der Waals surface area contributed by atoms with E-state index in [0.717, 1.165) is 99.0 Å². The van der Waals surface area contributed by atoms with Crippen LogP contribution in [0.2, 0.25) is 0 Å². The molecular formula is C93H112FI2N7O15. The molecule has 11 heterocycles. The number of halogens is 3. The van der Waals surface area contributed by atoms with Gasteiger partial charge < -0.3 is 43.8 Å². The van der Waals surface area contributed by atoms with Crippen LogP contribution in [0, 0.1) is 76.6 Å². The predicted molar refractivity (Wildman–Crippen MR) is 466 cm³/mol. The molecule has 10 fully saturated rings. The summed E-state index contributed by atoms with van der Waals surface area (Å²) >= 11 is 4.76. The molecule has 10 bridgehead atoms. The third-order valence-electron chi connectivity index (χ3n) is 27.5. The zero-order chi connectivity index (χ0) is 82.5. The van der Waals surface area contributed by atoms with Crippen molar-refractivity contribution in [2.75, 3.05) is 55.4 Å². The third kappa shape index (κ3) is 19.4. The number of non-ortho nitro benzene ring substituents is 2. The Morgan fingerprint density at radius 1 is 0.483 bits per heavy atom. The molecule has 22 nitrogen and oxygen atoms in total. The first-order valence-corrected chi connectivity index (χ1v) is 43.7. The fraction of sp³-hybridized carbons (Fsp3) is 0.505. The monoisotopic (exact) mass is 1840 g/mol. The summed E-state index contributed by atoms with van der Waals surface area (Å²) in [5.74, 6) is 3.05. The molecule has 20 unspecified atom stereocenters. The van der Waals surface area contributed by atoms with Gasteiger partial charge in [0.05, 0.1) is 61.0 Å². The van der Waals surface area contributed by atoms with Gasteiger partial charge in [0.25, 0.3) is 11.4 Å². The number of nitrogens with zero attached hydrogens (tertiary/aromatic N) is 5. The lowest BCUT2D eigenvalue weighted by Gasteiger charge is -2.41. The van der Waals surface area contributed by atoms with E-state index in [0.29, 0.717) is 79.0 Å². The van der Waals surface area contributed by atoms with E-state index in [1.165, 1.54) is 99.1 Å². The van der Waals surface area contributed by atoms with Crippen LogP contribution >= 0.6 is 45.2 Å². The van der Waals surface area contributed by atoms with Crippen LogP contribution < -0.4 is 29.6 Å². The number of hydrogen-bond donors (Lipinski definition) is 2. The maximum Gasteiger partial charge on any atom is 0.316 e. The summed E-state index contributed by atoms with van der Waals surface area (Å²) in [7, 11) is 9.34. The lowest BCUT2D eigenvalue weighted by molar-refractivity contribution is -0.385. The molecule has 20 atom stereocenters. The number of hydrogen-bond acceptors (Lipinski definition) is 20. The van der Waals surface area contributed by atoms with Crippen molar-refractivity contribution in [2.45, 2.75) is 215 Å². The molecule has 18 rings (SSSR count). The molecule has 0 saturated carbocycles. The molecule has 11 aliphatic rings. The minimum Gasteiger partial charge on any atom is -0.493 e. The molecule has 0 aliphatic carbocycles. The van der Waals surface area contributed by atoms with E-state index in [-0.39, 0.29) is 115 Å². The van der Waals surface area contributed by atoms with Gasteiger partial charge in [0.15, 0.2) is 11.5 Å². The molecule has 0 spiro atoms. The number of esters is 4. The Balaban J connectivity index is 0.000000128. The molecule has 25 heteroatoms. The average molecular weight is 1840 g/mol. The van der Waals surface area contributed by atoms with Crippen molar-refractivity contribution in [3.8, 4) is 23.0 Å². The first kappa shape index (κ1) is 87.6. The third-order valence-corrected chi connectivity index (χ3v) is 29.8. The van der Waals surface area contributed by atoms with Crippen LogP contribution in [0.3, 0.4) is 0 Å². The molecule has 630 valence electrons. The van der Waals surface area contributed by atoms with Crippen LogP contribution in [-0.2, 0) is 33.4 Å². The second-order valence-corrected chi connectivity index (χ2v) is 35.9. The van der Waals surface area contributed by atoms with Gasteiger partial charge in [-0.05, 0) is 277 Å². The van der Waals surface area contributed by atoms with Gasteiger partial charge in [-0.3, -0.25) is 54.1 Å². The quantitative estimate of drug-likeness (QED) is 0.0228. The van der Waals surface area contributed by atoms with Gasteiger partial charge in [-0.25, -0.2) is 4.39 Å². The number of carbonyl (C=O) groups is 4. The number of ether oxygens (including phenoxy) is 7. The fourth-order valence-corrected chi connectivity index (χ4v) is 22.4. The topological polar surface area (TPSA) is 253 Å². The summed E-state index contributed by atoms with van der Waals surface area (Å²) in [4.78, 5) is 78.2. The van der Waals surface area contributed by atoms with E-state index >= 15 is 0 Å². The van der Waals surface area contributed by atoms with Gasteiger partial charge >= 0.3 is 23.9 Å². The molecule has 11 aliphatic heterocycles. The first-order chi connectivity index (χ1) is 56.4. The number of nitro benzene ring substituents is 2. The largest absolute Gasteiger partial charge is 0.493 e. The van der Waals surface area contributed by atoms with Crippen molar-refractivity contribution in [1.29, 1.82) is 0 Å². The first-order valence-electron chi connectivity index (χ1n) is 41.5. The summed E-state index contributed by atoms with van der Waals surface area (Å²) in [6.45, 7) is 7.34. The Bertz CT molecular complexity index is 4670. The van der Waals surface area contributed by atoms with Crippen molar-refractivity contribution >= 4 is 80.4 Å². The molecular weight excluding hydrogens is 1730 g/mol. The van der Waals surface area contributed by atoms with Crippen molar-refractivity contribution in [1.82, 2.24) is 25.3 Å². The SMILES string of the molecule is C.CCOC(=O)C1C(c2ccc([N+](=O)[O-])cc2)CC2CCC1N2C.CN1C2CCC1C(C(=O)Oc1ccccc1)C(c1ccc([N+](=O)[O-])cc1)C2.COC(=O)C1C(c2ccc(C)c(I)c2)CC2CCC1N2C.COC(=O)C1C2CCC(CC1c1ccc(C)c(I)c1)N2.Fc1ccc(C2CC3CCC(N3)C2COc2ccc3c(c2)OCO3)cc1. The van der Waals surface area contributed by atoms with E-state index < -0.39 is 9.85 Å².